The Kier molecular flexibility index (Phi) is 7.16. The summed E-state index contributed by atoms with van der Waals surface area (Å²) in [5.74, 6) is 0.232. The van der Waals surface area contributed by atoms with Crippen LogP contribution in [0.25, 0.3) is 0 Å². The monoisotopic (exact) mass is 454 g/mol. The first kappa shape index (κ1) is 21.9. The second-order valence-corrected chi connectivity index (χ2v) is 8.04. The Morgan fingerprint density at radius 1 is 1.17 bits per heavy atom. The van der Waals surface area contributed by atoms with Crippen molar-refractivity contribution in [3.05, 3.63) is 54.1 Å². The fourth-order valence-corrected chi connectivity index (χ4v) is 3.95. The standard InChI is InChI=1S/C19H17F3N4O2S2/c1-2-28-15-9-4-3-8-14(15)24-17-25-26-18(30-17)29-11-16(27)23-13-7-5-6-12(10-13)19(20,21)22/h3-10H,2,11H2,1H3,(H,23,27)(H,24,25). The fourth-order valence-electron chi connectivity index (χ4n) is 2.38. The van der Waals surface area contributed by atoms with E-state index in [-0.39, 0.29) is 11.4 Å². The number of carbonyl (C=O) groups excluding carboxylic acids is 1. The molecule has 0 bridgehead atoms. The number of thioether (sulfide) groups is 1. The number of nitrogens with zero attached hydrogens (tertiary/aromatic N) is 2. The lowest BCUT2D eigenvalue weighted by Gasteiger charge is -2.09. The number of carbonyl (C=O) groups is 1. The van der Waals surface area contributed by atoms with Crippen molar-refractivity contribution in [3.63, 3.8) is 0 Å². The van der Waals surface area contributed by atoms with Crippen LogP contribution in [0.4, 0.5) is 29.7 Å². The van der Waals surface area contributed by atoms with Crippen LogP contribution in [0.5, 0.6) is 5.75 Å². The van der Waals surface area contributed by atoms with Gasteiger partial charge in [0.15, 0.2) is 4.34 Å². The van der Waals surface area contributed by atoms with Gasteiger partial charge in [-0.15, -0.1) is 10.2 Å². The molecule has 158 valence electrons. The van der Waals surface area contributed by atoms with Gasteiger partial charge in [-0.25, -0.2) is 0 Å². The summed E-state index contributed by atoms with van der Waals surface area (Å²) in [5.41, 5.74) is 0.0111. The molecule has 1 aromatic heterocycles. The Labute approximate surface area is 178 Å². The molecular formula is C19H17F3N4O2S2. The van der Waals surface area contributed by atoms with E-state index in [1.165, 1.54) is 23.5 Å². The fraction of sp³-hybridized carbons (Fsp3) is 0.211. The highest BCUT2D eigenvalue weighted by Crippen LogP contribution is 2.32. The van der Waals surface area contributed by atoms with E-state index in [4.69, 9.17) is 4.74 Å². The minimum Gasteiger partial charge on any atom is -0.492 e. The number of ether oxygens (including phenoxy) is 1. The number of para-hydroxylation sites is 2. The Bertz CT molecular complexity index is 1010. The summed E-state index contributed by atoms with van der Waals surface area (Å²) in [4.78, 5) is 12.1. The largest absolute Gasteiger partial charge is 0.492 e. The molecule has 3 rings (SSSR count). The van der Waals surface area contributed by atoms with Crippen LogP contribution in [0.3, 0.4) is 0 Å². The molecule has 0 aliphatic rings. The molecule has 0 saturated heterocycles. The van der Waals surface area contributed by atoms with Crippen molar-refractivity contribution >= 4 is 45.5 Å². The maximum atomic E-state index is 12.8. The SMILES string of the molecule is CCOc1ccccc1Nc1nnc(SCC(=O)Nc2cccc(C(F)(F)F)c2)s1. The van der Waals surface area contributed by atoms with Crippen LogP contribution in [-0.4, -0.2) is 28.5 Å². The Hall–Kier alpha value is -2.79. The van der Waals surface area contributed by atoms with E-state index in [1.54, 1.807) is 0 Å². The van der Waals surface area contributed by atoms with Crippen molar-refractivity contribution in [1.82, 2.24) is 10.2 Å². The normalized spacial score (nSPS) is 11.2. The predicted octanol–water partition coefficient (Wildman–Crippen LogP) is 5.43. The molecule has 3 aromatic rings. The van der Waals surface area contributed by atoms with Crippen LogP contribution in [0.2, 0.25) is 0 Å². The van der Waals surface area contributed by atoms with Gasteiger partial charge in [0, 0.05) is 5.69 Å². The third-order valence-electron chi connectivity index (χ3n) is 3.64. The molecule has 0 radical (unpaired) electrons. The van der Waals surface area contributed by atoms with E-state index >= 15 is 0 Å². The molecular weight excluding hydrogens is 437 g/mol. The van der Waals surface area contributed by atoms with Gasteiger partial charge in [-0.1, -0.05) is 41.3 Å². The van der Waals surface area contributed by atoms with E-state index in [0.717, 1.165) is 29.6 Å². The number of anilines is 3. The lowest BCUT2D eigenvalue weighted by Crippen LogP contribution is -2.15. The molecule has 0 spiro atoms. The van der Waals surface area contributed by atoms with Gasteiger partial charge >= 0.3 is 6.18 Å². The van der Waals surface area contributed by atoms with Crippen LogP contribution in [0.15, 0.2) is 52.9 Å². The van der Waals surface area contributed by atoms with Crippen molar-refractivity contribution in [3.8, 4) is 5.75 Å². The van der Waals surface area contributed by atoms with Crippen LogP contribution in [0.1, 0.15) is 12.5 Å². The van der Waals surface area contributed by atoms with E-state index in [2.05, 4.69) is 20.8 Å². The molecule has 30 heavy (non-hydrogen) atoms. The van der Waals surface area contributed by atoms with Crippen molar-refractivity contribution in [2.24, 2.45) is 0 Å². The molecule has 2 aromatic carbocycles. The lowest BCUT2D eigenvalue weighted by atomic mass is 10.2. The second kappa shape index (κ2) is 9.81. The number of alkyl halides is 3. The van der Waals surface area contributed by atoms with Gasteiger partial charge in [0.25, 0.3) is 0 Å². The van der Waals surface area contributed by atoms with Crippen molar-refractivity contribution in [2.75, 3.05) is 23.0 Å². The summed E-state index contributed by atoms with van der Waals surface area (Å²) < 4.78 is 44.4. The maximum Gasteiger partial charge on any atom is 0.416 e. The maximum absolute atomic E-state index is 12.8. The smallest absolute Gasteiger partial charge is 0.416 e. The number of hydrogen-bond donors (Lipinski definition) is 2. The predicted molar refractivity (Wildman–Crippen MR) is 112 cm³/mol. The third kappa shape index (κ3) is 6.10. The number of rotatable bonds is 8. The molecule has 6 nitrogen and oxygen atoms in total. The van der Waals surface area contributed by atoms with Crippen molar-refractivity contribution < 1.29 is 22.7 Å². The van der Waals surface area contributed by atoms with Gasteiger partial charge in [-0.2, -0.15) is 13.2 Å². The minimum absolute atomic E-state index is 0.0135. The zero-order valence-electron chi connectivity index (χ0n) is 15.7. The lowest BCUT2D eigenvalue weighted by molar-refractivity contribution is -0.137. The summed E-state index contributed by atoms with van der Waals surface area (Å²) in [6, 6.07) is 11.9. The van der Waals surface area contributed by atoms with Crippen LogP contribution < -0.4 is 15.4 Å². The van der Waals surface area contributed by atoms with Gasteiger partial charge in [0.2, 0.25) is 11.0 Å². The quantitative estimate of drug-likeness (QED) is 0.442. The number of nitrogens with one attached hydrogen (secondary N) is 2. The Balaban J connectivity index is 1.55. The van der Waals surface area contributed by atoms with Gasteiger partial charge < -0.3 is 15.4 Å². The zero-order chi connectivity index (χ0) is 21.6. The van der Waals surface area contributed by atoms with Gasteiger partial charge in [0.05, 0.1) is 23.6 Å². The molecule has 11 heteroatoms. The summed E-state index contributed by atoms with van der Waals surface area (Å²) >= 11 is 2.40. The van der Waals surface area contributed by atoms with Gasteiger partial charge in [-0.3, -0.25) is 4.79 Å². The molecule has 0 aliphatic heterocycles. The Morgan fingerprint density at radius 2 is 1.97 bits per heavy atom. The molecule has 1 heterocycles. The first-order valence-corrected chi connectivity index (χ1v) is 10.6. The zero-order valence-corrected chi connectivity index (χ0v) is 17.3. The van der Waals surface area contributed by atoms with E-state index in [1.807, 2.05) is 31.2 Å². The van der Waals surface area contributed by atoms with E-state index < -0.39 is 17.6 Å². The first-order chi connectivity index (χ1) is 14.3. The van der Waals surface area contributed by atoms with Crippen molar-refractivity contribution in [2.45, 2.75) is 17.4 Å². The number of amides is 1. The highest BCUT2D eigenvalue weighted by atomic mass is 32.2. The average molecular weight is 454 g/mol. The second-order valence-electron chi connectivity index (χ2n) is 5.84. The molecule has 0 atom stereocenters. The summed E-state index contributed by atoms with van der Waals surface area (Å²) in [7, 11) is 0. The molecule has 0 fully saturated rings. The summed E-state index contributed by atoms with van der Waals surface area (Å²) in [6.07, 6.45) is -4.47. The van der Waals surface area contributed by atoms with Gasteiger partial charge in [0.1, 0.15) is 5.75 Å². The van der Waals surface area contributed by atoms with Crippen LogP contribution in [0, 0.1) is 0 Å². The van der Waals surface area contributed by atoms with Crippen molar-refractivity contribution in [1.29, 1.82) is 0 Å². The highest BCUT2D eigenvalue weighted by molar-refractivity contribution is 8.01. The first-order valence-electron chi connectivity index (χ1n) is 8.77. The van der Waals surface area contributed by atoms with E-state index in [9.17, 15) is 18.0 Å². The minimum atomic E-state index is -4.47. The molecule has 0 aliphatic carbocycles. The number of halogens is 3. The summed E-state index contributed by atoms with van der Waals surface area (Å²) in [5, 5.41) is 14.2. The Morgan fingerprint density at radius 3 is 2.73 bits per heavy atom. The molecule has 0 saturated carbocycles. The molecule has 1 amide bonds. The highest BCUT2D eigenvalue weighted by Gasteiger charge is 2.30. The summed E-state index contributed by atoms with van der Waals surface area (Å²) in [6.45, 7) is 2.41. The van der Waals surface area contributed by atoms with Gasteiger partial charge in [-0.05, 0) is 37.3 Å². The third-order valence-corrected chi connectivity index (χ3v) is 5.61. The molecule has 2 N–H and O–H groups in total. The number of hydrogen-bond acceptors (Lipinski definition) is 7. The number of benzene rings is 2. The van der Waals surface area contributed by atoms with Crippen LogP contribution >= 0.6 is 23.1 Å². The topological polar surface area (TPSA) is 76.1 Å². The van der Waals surface area contributed by atoms with Crippen LogP contribution in [-0.2, 0) is 11.0 Å². The van der Waals surface area contributed by atoms with E-state index in [0.29, 0.717) is 21.8 Å². The number of aromatic nitrogens is 2. The molecule has 0 unspecified atom stereocenters. The average Bonchev–Trinajstić information content (AvgIpc) is 3.15.